The number of ether oxygens (including phenoxy) is 3. The Labute approximate surface area is 162 Å². The summed E-state index contributed by atoms with van der Waals surface area (Å²) in [5.74, 6) is 1.19. The zero-order valence-electron chi connectivity index (χ0n) is 15.8. The van der Waals surface area contributed by atoms with Gasteiger partial charge in [0.15, 0.2) is 11.4 Å². The molecule has 26 heavy (non-hydrogen) atoms. The van der Waals surface area contributed by atoms with Crippen molar-refractivity contribution in [1.29, 1.82) is 0 Å². The number of rotatable bonds is 8. The molecule has 0 saturated carbocycles. The van der Waals surface area contributed by atoms with E-state index in [1.165, 1.54) is 22.2 Å². The molecule has 0 bridgehead atoms. The van der Waals surface area contributed by atoms with Gasteiger partial charge in [-0.1, -0.05) is 18.7 Å². The van der Waals surface area contributed by atoms with Crippen LogP contribution in [0.5, 0.6) is 0 Å². The molecule has 0 aromatic carbocycles. The zero-order valence-corrected chi connectivity index (χ0v) is 17.5. The second kappa shape index (κ2) is 8.39. The van der Waals surface area contributed by atoms with Crippen molar-refractivity contribution in [2.75, 3.05) is 24.7 Å². The van der Waals surface area contributed by atoms with Gasteiger partial charge in [-0.15, -0.1) is 11.3 Å². The molecule has 1 aliphatic rings. The van der Waals surface area contributed by atoms with Crippen molar-refractivity contribution < 1.29 is 14.2 Å². The minimum absolute atomic E-state index is 0.136. The quantitative estimate of drug-likeness (QED) is 0.409. The van der Waals surface area contributed by atoms with Gasteiger partial charge in [-0.2, -0.15) is 0 Å². The molecular formula is C18H27N3O3S2. The summed E-state index contributed by atoms with van der Waals surface area (Å²) >= 11 is 3.17. The predicted molar refractivity (Wildman–Crippen MR) is 107 cm³/mol. The van der Waals surface area contributed by atoms with Crippen molar-refractivity contribution in [3.05, 3.63) is 10.4 Å². The summed E-state index contributed by atoms with van der Waals surface area (Å²) in [6.45, 7) is 10.1. The highest BCUT2D eigenvalue weighted by atomic mass is 32.2. The highest BCUT2D eigenvalue weighted by Gasteiger charge is 2.33. The summed E-state index contributed by atoms with van der Waals surface area (Å²) in [6, 6.07) is 0. The van der Waals surface area contributed by atoms with E-state index < -0.39 is 0 Å². The number of fused-ring (bicyclic) bond motifs is 3. The number of thiophene rings is 1. The third-order valence-electron chi connectivity index (χ3n) is 4.65. The molecule has 2 aromatic rings. The van der Waals surface area contributed by atoms with Crippen molar-refractivity contribution >= 4 is 39.1 Å². The first kappa shape index (κ1) is 19.8. The fraction of sp³-hybridized carbons (Fsp3) is 0.667. The van der Waals surface area contributed by atoms with Gasteiger partial charge < -0.3 is 19.9 Å². The van der Waals surface area contributed by atoms with Gasteiger partial charge >= 0.3 is 0 Å². The average molecular weight is 398 g/mol. The Hall–Kier alpha value is -0.930. The van der Waals surface area contributed by atoms with Crippen molar-refractivity contribution in [2.45, 2.75) is 64.2 Å². The Morgan fingerprint density at radius 1 is 1.27 bits per heavy atom. The lowest BCUT2D eigenvalue weighted by molar-refractivity contribution is -0.120. The molecule has 0 saturated heterocycles. The first-order chi connectivity index (χ1) is 12.5. The Balaban J connectivity index is 1.83. The number of hydrogen-bond acceptors (Lipinski definition) is 8. The predicted octanol–water partition coefficient (Wildman–Crippen LogP) is 4.01. The molecule has 2 aromatic heterocycles. The van der Waals surface area contributed by atoms with Gasteiger partial charge in [0, 0.05) is 24.5 Å². The monoisotopic (exact) mass is 397 g/mol. The largest absolute Gasteiger partial charge is 0.383 e. The van der Waals surface area contributed by atoms with E-state index in [1.54, 1.807) is 11.3 Å². The third-order valence-corrected chi connectivity index (χ3v) is 6.62. The van der Waals surface area contributed by atoms with Crippen LogP contribution >= 0.6 is 23.1 Å². The van der Waals surface area contributed by atoms with E-state index in [1.807, 2.05) is 13.8 Å². The lowest BCUT2D eigenvalue weighted by atomic mass is 9.90. The lowest BCUT2D eigenvalue weighted by Gasteiger charge is -2.33. The smallest absolute Gasteiger partial charge is 0.191 e. The maximum Gasteiger partial charge on any atom is 0.191 e. The van der Waals surface area contributed by atoms with Crippen LogP contribution < -0.4 is 5.73 Å². The molecule has 3 heterocycles. The molecule has 0 amide bonds. The van der Waals surface area contributed by atoms with Gasteiger partial charge in [0.25, 0.3) is 0 Å². The summed E-state index contributed by atoms with van der Waals surface area (Å²) in [7, 11) is 0. The number of hydrogen-bond donors (Lipinski definition) is 1. The molecule has 3 rings (SSSR count). The van der Waals surface area contributed by atoms with Crippen LogP contribution in [0.3, 0.4) is 0 Å². The molecular weight excluding hydrogens is 370 g/mol. The van der Waals surface area contributed by atoms with E-state index in [9.17, 15) is 0 Å². The first-order valence-electron chi connectivity index (χ1n) is 9.07. The molecule has 0 aliphatic carbocycles. The van der Waals surface area contributed by atoms with E-state index in [2.05, 4.69) is 18.8 Å². The highest BCUT2D eigenvalue weighted by Crippen LogP contribution is 2.41. The molecule has 0 spiro atoms. The van der Waals surface area contributed by atoms with E-state index >= 15 is 0 Å². The fourth-order valence-corrected chi connectivity index (χ4v) is 4.99. The van der Waals surface area contributed by atoms with Gasteiger partial charge in [-0.3, -0.25) is 0 Å². The van der Waals surface area contributed by atoms with E-state index in [0.717, 1.165) is 23.1 Å². The number of thioether (sulfide) groups is 1. The first-order valence-corrected chi connectivity index (χ1v) is 10.9. The van der Waals surface area contributed by atoms with Crippen molar-refractivity contribution in [3.63, 3.8) is 0 Å². The topological polar surface area (TPSA) is 79.5 Å². The van der Waals surface area contributed by atoms with Gasteiger partial charge in [0.1, 0.15) is 10.6 Å². The van der Waals surface area contributed by atoms with Crippen LogP contribution in [0.25, 0.3) is 10.2 Å². The van der Waals surface area contributed by atoms with Gasteiger partial charge in [0.2, 0.25) is 0 Å². The minimum Gasteiger partial charge on any atom is -0.383 e. The minimum atomic E-state index is -0.259. The summed E-state index contributed by atoms with van der Waals surface area (Å²) in [5, 5.41) is 1.67. The molecule has 8 heteroatoms. The van der Waals surface area contributed by atoms with Crippen molar-refractivity contribution in [1.82, 2.24) is 9.97 Å². The summed E-state index contributed by atoms with van der Waals surface area (Å²) in [6.07, 6.45) is 1.57. The number of anilines is 1. The van der Waals surface area contributed by atoms with Crippen LogP contribution in [0, 0.1) is 0 Å². The molecule has 1 aliphatic heterocycles. The molecule has 0 fully saturated rings. The van der Waals surface area contributed by atoms with E-state index in [-0.39, 0.29) is 11.9 Å². The molecule has 144 valence electrons. The summed E-state index contributed by atoms with van der Waals surface area (Å²) in [5.41, 5.74) is 7.44. The fourth-order valence-electron chi connectivity index (χ4n) is 3.03. The second-order valence-electron chi connectivity index (χ2n) is 6.50. The number of nitrogens with two attached hydrogens (primary N) is 1. The molecule has 2 N–H and O–H groups in total. The molecule has 6 nitrogen and oxygen atoms in total. The molecule has 0 unspecified atom stereocenters. The lowest BCUT2D eigenvalue weighted by Crippen LogP contribution is -2.33. The Kier molecular flexibility index (Phi) is 6.40. The Morgan fingerprint density at radius 2 is 2.00 bits per heavy atom. The summed E-state index contributed by atoms with van der Waals surface area (Å²) in [4.78, 5) is 11.4. The zero-order chi connectivity index (χ0) is 18.7. The van der Waals surface area contributed by atoms with E-state index in [4.69, 9.17) is 24.9 Å². The van der Waals surface area contributed by atoms with Crippen molar-refractivity contribution in [3.8, 4) is 0 Å². The average Bonchev–Trinajstić information content (AvgIpc) is 2.98. The van der Waals surface area contributed by atoms with Crippen LogP contribution in [0.1, 0.15) is 44.6 Å². The van der Waals surface area contributed by atoms with Crippen LogP contribution in [-0.4, -0.2) is 40.8 Å². The van der Waals surface area contributed by atoms with Crippen LogP contribution in [0.2, 0.25) is 0 Å². The Bertz CT molecular complexity index is 762. The maximum absolute atomic E-state index is 6.32. The number of nitrogens with zero attached hydrogens (tertiary/aromatic N) is 2. The van der Waals surface area contributed by atoms with Crippen molar-refractivity contribution in [2.24, 2.45) is 0 Å². The SMILES string of the molecule is CCOC(CSc1nc(N)c2c3c(sc2n1)CO[C@@](C)(CC)C3)OCC. The maximum atomic E-state index is 6.32. The van der Waals surface area contributed by atoms with Crippen LogP contribution in [0.15, 0.2) is 5.16 Å². The number of aromatic nitrogens is 2. The summed E-state index contributed by atoms with van der Waals surface area (Å²) < 4.78 is 17.2. The molecule has 1 atom stereocenters. The number of nitrogen functional groups attached to an aromatic ring is 1. The third kappa shape index (κ3) is 4.14. The van der Waals surface area contributed by atoms with Gasteiger partial charge in [-0.05, 0) is 32.8 Å². The molecule has 0 radical (unpaired) electrons. The van der Waals surface area contributed by atoms with Gasteiger partial charge in [0.05, 0.1) is 23.3 Å². The van der Waals surface area contributed by atoms with E-state index in [0.29, 0.717) is 36.5 Å². The Morgan fingerprint density at radius 3 is 2.65 bits per heavy atom. The van der Waals surface area contributed by atoms with Crippen LogP contribution in [-0.2, 0) is 27.2 Å². The van der Waals surface area contributed by atoms with Gasteiger partial charge in [-0.25, -0.2) is 9.97 Å². The highest BCUT2D eigenvalue weighted by molar-refractivity contribution is 7.99. The second-order valence-corrected chi connectivity index (χ2v) is 8.57. The standard InChI is InChI=1S/C18H27N3O3S2/c1-5-18(4)8-11-12(9-24-18)26-16-14(11)15(19)20-17(21-16)25-10-13(22-6-2)23-7-3/h13H,5-10H2,1-4H3,(H2,19,20,21)/t18-/m0/s1. The normalized spacial score (nSPS) is 20.0. The van der Waals surface area contributed by atoms with Crippen LogP contribution in [0.4, 0.5) is 5.82 Å².